The van der Waals surface area contributed by atoms with Crippen LogP contribution < -0.4 is 4.90 Å². The van der Waals surface area contributed by atoms with Gasteiger partial charge < -0.3 is 9.64 Å². The number of ether oxygens (including phenoxy) is 1. The lowest BCUT2D eigenvalue weighted by molar-refractivity contribution is 0.152. The van der Waals surface area contributed by atoms with E-state index >= 15 is 0 Å². The van der Waals surface area contributed by atoms with Crippen molar-refractivity contribution in [2.45, 2.75) is 26.3 Å². The molecular weight excluding hydrogens is 224 g/mol. The molecular formula is C10H18N4OS. The Morgan fingerprint density at radius 2 is 2.19 bits per heavy atom. The Bertz CT molecular complexity index is 390. The van der Waals surface area contributed by atoms with E-state index < -0.39 is 0 Å². The number of nitrogens with one attached hydrogen (secondary N) is 1. The van der Waals surface area contributed by atoms with E-state index in [0.717, 1.165) is 38.7 Å². The van der Waals surface area contributed by atoms with Gasteiger partial charge in [-0.3, -0.25) is 4.57 Å². The van der Waals surface area contributed by atoms with Crippen LogP contribution in [0.4, 0.5) is 5.95 Å². The molecule has 0 atom stereocenters. The van der Waals surface area contributed by atoms with E-state index in [4.69, 9.17) is 17.0 Å². The zero-order chi connectivity index (χ0) is 11.5. The molecule has 0 bridgehead atoms. The van der Waals surface area contributed by atoms with Crippen LogP contribution >= 0.6 is 12.2 Å². The molecule has 0 radical (unpaired) electrons. The fraction of sp³-hybridized carbons (Fsp3) is 0.800. The number of nitrogens with zero attached hydrogens (tertiary/aromatic N) is 3. The van der Waals surface area contributed by atoms with Crippen LogP contribution in [0.3, 0.4) is 0 Å². The maximum Gasteiger partial charge on any atom is 0.226 e. The van der Waals surface area contributed by atoms with Crippen molar-refractivity contribution in [1.82, 2.24) is 14.8 Å². The minimum atomic E-state index is 0.324. The maximum absolute atomic E-state index is 5.44. The summed E-state index contributed by atoms with van der Waals surface area (Å²) in [6, 6.07) is 0.324. The molecule has 1 saturated heterocycles. The van der Waals surface area contributed by atoms with E-state index in [1.54, 1.807) is 0 Å². The molecule has 0 amide bonds. The highest BCUT2D eigenvalue weighted by Gasteiger charge is 2.17. The summed E-state index contributed by atoms with van der Waals surface area (Å²) in [6.07, 6.45) is 1.04. The van der Waals surface area contributed by atoms with E-state index in [2.05, 4.69) is 33.5 Å². The molecule has 1 aliphatic heterocycles. The standard InChI is InChI=1S/C10H18N4OS/c1-8(2)14-9(11-12-10(14)16)13-4-3-6-15-7-5-13/h8H,3-7H2,1-2H3,(H,12,16). The van der Waals surface area contributed by atoms with Gasteiger partial charge in [0.1, 0.15) is 0 Å². The SMILES string of the molecule is CC(C)n1c(N2CCCOCC2)n[nH]c1=S. The van der Waals surface area contributed by atoms with E-state index in [-0.39, 0.29) is 0 Å². The normalized spacial score (nSPS) is 17.8. The fourth-order valence-corrected chi connectivity index (χ4v) is 2.27. The Kier molecular flexibility index (Phi) is 3.60. The summed E-state index contributed by atoms with van der Waals surface area (Å²) in [6.45, 7) is 7.69. The minimum Gasteiger partial charge on any atom is -0.380 e. The summed E-state index contributed by atoms with van der Waals surface area (Å²) in [4.78, 5) is 2.24. The van der Waals surface area contributed by atoms with Gasteiger partial charge in [-0.15, -0.1) is 5.10 Å². The van der Waals surface area contributed by atoms with Crippen molar-refractivity contribution in [3.8, 4) is 0 Å². The molecule has 2 rings (SSSR count). The quantitative estimate of drug-likeness (QED) is 0.803. The van der Waals surface area contributed by atoms with Gasteiger partial charge in [0.25, 0.3) is 0 Å². The second-order valence-electron chi connectivity index (χ2n) is 4.25. The molecule has 0 spiro atoms. The zero-order valence-corrected chi connectivity index (χ0v) is 10.6. The molecule has 1 N–H and O–H groups in total. The summed E-state index contributed by atoms with van der Waals surface area (Å²) in [5, 5.41) is 7.19. The molecule has 2 heterocycles. The van der Waals surface area contributed by atoms with Crippen molar-refractivity contribution in [3.63, 3.8) is 0 Å². The van der Waals surface area contributed by atoms with Crippen molar-refractivity contribution in [2.75, 3.05) is 31.2 Å². The van der Waals surface area contributed by atoms with Crippen LogP contribution in [0.5, 0.6) is 0 Å². The first kappa shape index (κ1) is 11.6. The second-order valence-corrected chi connectivity index (χ2v) is 4.63. The maximum atomic E-state index is 5.44. The number of H-pyrrole nitrogens is 1. The highest BCUT2D eigenvalue weighted by atomic mass is 32.1. The van der Waals surface area contributed by atoms with Gasteiger partial charge >= 0.3 is 0 Å². The molecule has 1 aromatic rings. The van der Waals surface area contributed by atoms with Gasteiger partial charge in [0, 0.05) is 25.7 Å². The Hall–Kier alpha value is -0.880. The first-order valence-corrected chi connectivity index (χ1v) is 6.10. The summed E-state index contributed by atoms with van der Waals surface area (Å²) >= 11 is 5.24. The molecule has 1 fully saturated rings. The number of aromatic amines is 1. The number of rotatable bonds is 2. The number of hydrogen-bond donors (Lipinski definition) is 1. The van der Waals surface area contributed by atoms with Crippen LogP contribution in [0.2, 0.25) is 0 Å². The molecule has 0 aromatic carbocycles. The van der Waals surface area contributed by atoms with Crippen LogP contribution in [0.1, 0.15) is 26.3 Å². The summed E-state index contributed by atoms with van der Waals surface area (Å²) in [7, 11) is 0. The van der Waals surface area contributed by atoms with Crippen LogP contribution in [0.25, 0.3) is 0 Å². The molecule has 5 nitrogen and oxygen atoms in total. The third-order valence-electron chi connectivity index (χ3n) is 2.71. The topological polar surface area (TPSA) is 46.1 Å². The monoisotopic (exact) mass is 242 g/mol. The Morgan fingerprint density at radius 3 is 2.94 bits per heavy atom. The Morgan fingerprint density at radius 1 is 1.38 bits per heavy atom. The van der Waals surface area contributed by atoms with Crippen molar-refractivity contribution in [3.05, 3.63) is 4.77 Å². The molecule has 1 aliphatic rings. The predicted molar refractivity (Wildman–Crippen MR) is 65.4 cm³/mol. The van der Waals surface area contributed by atoms with E-state index in [1.165, 1.54) is 0 Å². The van der Waals surface area contributed by atoms with Gasteiger partial charge in [0.2, 0.25) is 5.95 Å². The molecule has 16 heavy (non-hydrogen) atoms. The lowest BCUT2D eigenvalue weighted by atomic mass is 10.4. The molecule has 0 aliphatic carbocycles. The van der Waals surface area contributed by atoms with Crippen molar-refractivity contribution < 1.29 is 4.74 Å². The third-order valence-corrected chi connectivity index (χ3v) is 3.00. The van der Waals surface area contributed by atoms with Crippen molar-refractivity contribution >= 4 is 18.2 Å². The van der Waals surface area contributed by atoms with E-state index in [0.29, 0.717) is 10.8 Å². The van der Waals surface area contributed by atoms with Crippen LogP contribution in [0.15, 0.2) is 0 Å². The van der Waals surface area contributed by atoms with Gasteiger partial charge in [-0.05, 0) is 32.5 Å². The smallest absolute Gasteiger partial charge is 0.226 e. The first-order valence-electron chi connectivity index (χ1n) is 5.69. The molecule has 0 saturated carbocycles. The number of hydrogen-bond acceptors (Lipinski definition) is 4. The number of aromatic nitrogens is 3. The predicted octanol–water partition coefficient (Wildman–Crippen LogP) is 1.75. The van der Waals surface area contributed by atoms with Crippen molar-refractivity contribution in [1.29, 1.82) is 0 Å². The highest BCUT2D eigenvalue weighted by Crippen LogP contribution is 2.18. The van der Waals surface area contributed by atoms with Crippen LogP contribution in [-0.2, 0) is 4.74 Å². The third kappa shape index (κ3) is 2.27. The van der Waals surface area contributed by atoms with Gasteiger partial charge in [-0.25, -0.2) is 5.10 Å². The molecule has 6 heteroatoms. The van der Waals surface area contributed by atoms with Crippen molar-refractivity contribution in [2.24, 2.45) is 0 Å². The lowest BCUT2D eigenvalue weighted by Gasteiger charge is -2.22. The van der Waals surface area contributed by atoms with E-state index in [1.807, 2.05) is 0 Å². The largest absolute Gasteiger partial charge is 0.380 e. The highest BCUT2D eigenvalue weighted by molar-refractivity contribution is 7.71. The zero-order valence-electron chi connectivity index (χ0n) is 9.77. The van der Waals surface area contributed by atoms with Crippen LogP contribution in [0, 0.1) is 4.77 Å². The van der Waals surface area contributed by atoms with Gasteiger partial charge in [0.15, 0.2) is 4.77 Å². The minimum absolute atomic E-state index is 0.324. The average molecular weight is 242 g/mol. The molecule has 90 valence electrons. The summed E-state index contributed by atoms with van der Waals surface area (Å²) in [5.41, 5.74) is 0. The van der Waals surface area contributed by atoms with Gasteiger partial charge in [-0.1, -0.05) is 0 Å². The molecule has 0 unspecified atom stereocenters. The summed E-state index contributed by atoms with van der Waals surface area (Å²) in [5.74, 6) is 0.936. The Labute approximate surface area is 100 Å². The van der Waals surface area contributed by atoms with Gasteiger partial charge in [0.05, 0.1) is 6.61 Å². The average Bonchev–Trinajstić information content (AvgIpc) is 2.50. The van der Waals surface area contributed by atoms with Gasteiger partial charge in [-0.2, -0.15) is 0 Å². The summed E-state index contributed by atoms with van der Waals surface area (Å²) < 4.78 is 8.18. The second kappa shape index (κ2) is 4.97. The van der Waals surface area contributed by atoms with E-state index in [9.17, 15) is 0 Å². The molecule has 1 aromatic heterocycles. The van der Waals surface area contributed by atoms with Crippen LogP contribution in [-0.4, -0.2) is 41.1 Å². The number of anilines is 1. The lowest BCUT2D eigenvalue weighted by Crippen LogP contribution is -2.29. The fourth-order valence-electron chi connectivity index (χ4n) is 1.93. The Balaban J connectivity index is 2.28. The first-order chi connectivity index (χ1) is 7.70.